The Kier molecular flexibility index (Phi) is 8.29. The fourth-order valence-electron chi connectivity index (χ4n) is 3.90. The first-order valence-electron chi connectivity index (χ1n) is 9.74. The third-order valence-electron chi connectivity index (χ3n) is 5.49. The summed E-state index contributed by atoms with van der Waals surface area (Å²) in [6.07, 6.45) is 10.8. The van der Waals surface area contributed by atoms with Crippen molar-refractivity contribution in [2.45, 2.75) is 58.5 Å². The molecule has 0 radical (unpaired) electrons. The van der Waals surface area contributed by atoms with Crippen LogP contribution in [0.5, 0.6) is 0 Å². The second-order valence-corrected chi connectivity index (χ2v) is 7.54. The highest BCUT2D eigenvalue weighted by Gasteiger charge is 2.43. The van der Waals surface area contributed by atoms with Crippen LogP contribution in [0.1, 0.15) is 52.4 Å². The molecule has 0 saturated carbocycles. The van der Waals surface area contributed by atoms with Crippen molar-refractivity contribution in [2.75, 3.05) is 20.8 Å². The minimum atomic E-state index is -0.258. The summed E-state index contributed by atoms with van der Waals surface area (Å²) in [5.74, 6) is -0.405. The molecule has 2 aliphatic rings. The van der Waals surface area contributed by atoms with E-state index in [9.17, 15) is 9.59 Å². The van der Waals surface area contributed by atoms with Gasteiger partial charge in [0.25, 0.3) is 0 Å². The van der Waals surface area contributed by atoms with Gasteiger partial charge < -0.3 is 14.2 Å². The number of fused-ring (bicyclic) bond motifs is 1. The Balaban J connectivity index is 2.23. The highest BCUT2D eigenvalue weighted by molar-refractivity contribution is 5.88. The molecule has 1 aliphatic carbocycles. The van der Waals surface area contributed by atoms with Gasteiger partial charge >= 0.3 is 11.9 Å². The van der Waals surface area contributed by atoms with Gasteiger partial charge in [-0.15, -0.1) is 0 Å². The molecule has 2 rings (SSSR count). The summed E-state index contributed by atoms with van der Waals surface area (Å²) in [5, 5.41) is 0. The van der Waals surface area contributed by atoms with Crippen LogP contribution in [0.3, 0.4) is 0 Å². The van der Waals surface area contributed by atoms with E-state index in [0.717, 1.165) is 25.7 Å². The number of ether oxygens (including phenoxy) is 3. The van der Waals surface area contributed by atoms with Crippen molar-refractivity contribution in [3.63, 3.8) is 0 Å². The summed E-state index contributed by atoms with van der Waals surface area (Å²) >= 11 is 0. The Morgan fingerprint density at radius 1 is 1.15 bits per heavy atom. The van der Waals surface area contributed by atoms with Gasteiger partial charge in [0.2, 0.25) is 0 Å². The summed E-state index contributed by atoms with van der Waals surface area (Å²) in [4.78, 5) is 24.3. The number of hydrogen-bond acceptors (Lipinski definition) is 5. The number of rotatable bonds is 3. The first-order chi connectivity index (χ1) is 13.0. The zero-order valence-corrected chi connectivity index (χ0v) is 17.0. The molecule has 0 aromatic carbocycles. The van der Waals surface area contributed by atoms with Crippen molar-refractivity contribution in [1.29, 1.82) is 0 Å². The Bertz CT molecular complexity index is 629. The first kappa shape index (κ1) is 21.4. The van der Waals surface area contributed by atoms with Crippen molar-refractivity contribution in [3.05, 3.63) is 34.9 Å². The number of carbonyl (C=O) groups is 2. The maximum absolute atomic E-state index is 12.3. The van der Waals surface area contributed by atoms with Crippen LogP contribution in [-0.4, -0.2) is 38.9 Å². The standard InChI is InChI=1S/C22H32O5/c1-15-7-5-9-17(21(23)26-4)10-6-8-16(2)13-20-18(12-11-15)19(14-25-3)22(24)27-20/h7-8,10,18-20H,5-6,9,11-14H2,1-4H3/b15-7+,16-8+,17-10-/t18-,19+,20+/m1/s1. The van der Waals surface area contributed by atoms with Gasteiger partial charge in [0, 0.05) is 25.0 Å². The van der Waals surface area contributed by atoms with Crippen molar-refractivity contribution in [2.24, 2.45) is 11.8 Å². The largest absolute Gasteiger partial charge is 0.466 e. The molecule has 27 heavy (non-hydrogen) atoms. The Hall–Kier alpha value is -1.88. The summed E-state index contributed by atoms with van der Waals surface area (Å²) in [5.41, 5.74) is 3.16. The van der Waals surface area contributed by atoms with E-state index in [-0.39, 0.29) is 29.9 Å². The van der Waals surface area contributed by atoms with E-state index in [1.165, 1.54) is 18.3 Å². The maximum atomic E-state index is 12.3. The molecule has 0 spiro atoms. The van der Waals surface area contributed by atoms with Crippen LogP contribution >= 0.6 is 0 Å². The second-order valence-electron chi connectivity index (χ2n) is 7.54. The van der Waals surface area contributed by atoms with Crippen molar-refractivity contribution in [1.82, 2.24) is 0 Å². The molecular weight excluding hydrogens is 344 g/mol. The molecule has 0 amide bonds. The number of esters is 2. The summed E-state index contributed by atoms with van der Waals surface area (Å²) in [6, 6.07) is 0. The smallest absolute Gasteiger partial charge is 0.333 e. The molecule has 5 heteroatoms. The topological polar surface area (TPSA) is 61.8 Å². The van der Waals surface area contributed by atoms with Crippen LogP contribution in [0.2, 0.25) is 0 Å². The van der Waals surface area contributed by atoms with Gasteiger partial charge in [-0.25, -0.2) is 4.79 Å². The lowest BCUT2D eigenvalue weighted by Crippen LogP contribution is -2.25. The van der Waals surface area contributed by atoms with E-state index in [1.54, 1.807) is 7.11 Å². The van der Waals surface area contributed by atoms with Gasteiger partial charge in [0.1, 0.15) is 6.10 Å². The molecule has 0 bridgehead atoms. The fourth-order valence-corrected chi connectivity index (χ4v) is 3.90. The van der Waals surface area contributed by atoms with Crippen LogP contribution in [0, 0.1) is 11.8 Å². The van der Waals surface area contributed by atoms with Gasteiger partial charge in [0.05, 0.1) is 19.6 Å². The molecule has 0 aromatic heterocycles. The number of allylic oxidation sites excluding steroid dienone is 4. The number of methoxy groups -OCH3 is 2. The van der Waals surface area contributed by atoms with Gasteiger partial charge in [-0.2, -0.15) is 0 Å². The second kappa shape index (κ2) is 10.5. The first-order valence-corrected chi connectivity index (χ1v) is 9.74. The number of hydrogen-bond donors (Lipinski definition) is 0. The Labute approximate surface area is 162 Å². The van der Waals surface area contributed by atoms with E-state index in [4.69, 9.17) is 14.2 Å². The summed E-state index contributed by atoms with van der Waals surface area (Å²) in [7, 11) is 3.05. The van der Waals surface area contributed by atoms with Crippen LogP contribution in [0.25, 0.3) is 0 Å². The lowest BCUT2D eigenvalue weighted by atomic mass is 9.83. The molecule has 150 valence electrons. The van der Waals surface area contributed by atoms with Crippen molar-refractivity contribution < 1.29 is 23.8 Å². The molecule has 1 fully saturated rings. The molecule has 5 nitrogen and oxygen atoms in total. The van der Waals surface area contributed by atoms with E-state index in [1.807, 2.05) is 6.08 Å². The van der Waals surface area contributed by atoms with Crippen molar-refractivity contribution in [3.8, 4) is 0 Å². The molecule has 3 atom stereocenters. The lowest BCUT2D eigenvalue weighted by Gasteiger charge is -2.21. The van der Waals surface area contributed by atoms with Crippen LogP contribution in [0.4, 0.5) is 0 Å². The molecule has 1 heterocycles. The predicted molar refractivity (Wildman–Crippen MR) is 104 cm³/mol. The van der Waals surface area contributed by atoms with Crippen LogP contribution in [0.15, 0.2) is 34.9 Å². The number of carbonyl (C=O) groups excluding carboxylic acids is 2. The molecule has 1 saturated heterocycles. The Morgan fingerprint density at radius 3 is 2.63 bits per heavy atom. The average Bonchev–Trinajstić information content (AvgIpc) is 2.92. The SMILES string of the molecule is COC[C@@H]1C(=O)O[C@H]2C/C(C)=C/C/C=C(\C(=O)OC)CC/C=C(\C)CC[C@@H]21. The predicted octanol–water partition coefficient (Wildman–Crippen LogP) is 4.14. The van der Waals surface area contributed by atoms with E-state index in [2.05, 4.69) is 26.0 Å². The van der Waals surface area contributed by atoms with E-state index >= 15 is 0 Å². The van der Waals surface area contributed by atoms with Crippen molar-refractivity contribution >= 4 is 11.9 Å². The third-order valence-corrected chi connectivity index (χ3v) is 5.49. The quantitative estimate of drug-likeness (QED) is 0.547. The van der Waals surface area contributed by atoms with E-state index < -0.39 is 0 Å². The minimum absolute atomic E-state index is 0.103. The van der Waals surface area contributed by atoms with Gasteiger partial charge in [-0.3, -0.25) is 4.79 Å². The zero-order chi connectivity index (χ0) is 19.8. The highest BCUT2D eigenvalue weighted by atomic mass is 16.6. The molecule has 0 unspecified atom stereocenters. The van der Waals surface area contributed by atoms with Crippen LogP contribution < -0.4 is 0 Å². The van der Waals surface area contributed by atoms with Gasteiger partial charge in [-0.1, -0.05) is 29.4 Å². The molecule has 0 aromatic rings. The average molecular weight is 376 g/mol. The van der Waals surface area contributed by atoms with Gasteiger partial charge in [-0.05, 0) is 46.0 Å². The third kappa shape index (κ3) is 6.06. The van der Waals surface area contributed by atoms with Gasteiger partial charge in [0.15, 0.2) is 0 Å². The lowest BCUT2D eigenvalue weighted by molar-refractivity contribution is -0.145. The maximum Gasteiger partial charge on any atom is 0.333 e. The fraction of sp³-hybridized carbons (Fsp3) is 0.636. The highest BCUT2D eigenvalue weighted by Crippen LogP contribution is 2.36. The summed E-state index contributed by atoms with van der Waals surface area (Å²) < 4.78 is 15.9. The molecular formula is C22H32O5. The summed E-state index contributed by atoms with van der Waals surface area (Å²) in [6.45, 7) is 4.57. The Morgan fingerprint density at radius 2 is 1.93 bits per heavy atom. The molecule has 1 aliphatic heterocycles. The monoisotopic (exact) mass is 376 g/mol. The molecule has 0 N–H and O–H groups in total. The van der Waals surface area contributed by atoms with E-state index in [0.29, 0.717) is 25.0 Å². The van der Waals surface area contributed by atoms with Crippen LogP contribution in [-0.2, 0) is 23.8 Å². The zero-order valence-electron chi connectivity index (χ0n) is 17.0. The minimum Gasteiger partial charge on any atom is -0.466 e. The normalized spacial score (nSPS) is 33.3.